The SMILES string of the molecule is CCC.CCCC(C)Cc1ccc(-c2ccc(C)c3c2CC(CC(CCC)C(CC)C(=O)CC(C)=O)CC3=O)cc1. The maximum atomic E-state index is 13.5. The van der Waals surface area contributed by atoms with Gasteiger partial charge < -0.3 is 0 Å². The lowest BCUT2D eigenvalue weighted by Gasteiger charge is -2.32. The quantitative estimate of drug-likeness (QED) is 0.216. The van der Waals surface area contributed by atoms with E-state index >= 15 is 0 Å². The van der Waals surface area contributed by atoms with E-state index in [2.05, 4.69) is 77.9 Å². The number of hydrogen-bond donors (Lipinski definition) is 0. The number of rotatable bonds is 14. The summed E-state index contributed by atoms with van der Waals surface area (Å²) in [5.74, 6) is 1.27. The van der Waals surface area contributed by atoms with Crippen molar-refractivity contribution in [2.24, 2.45) is 23.7 Å². The van der Waals surface area contributed by atoms with Gasteiger partial charge in [0.2, 0.25) is 0 Å². The maximum Gasteiger partial charge on any atom is 0.163 e. The predicted octanol–water partition coefficient (Wildman–Crippen LogP) is 10.2. The summed E-state index contributed by atoms with van der Waals surface area (Å²) < 4.78 is 0. The van der Waals surface area contributed by atoms with Crippen molar-refractivity contribution in [2.45, 2.75) is 126 Å². The second-order valence-corrected chi connectivity index (χ2v) is 12.6. The Kier molecular flexibility index (Phi) is 14.7. The second-order valence-electron chi connectivity index (χ2n) is 12.6. The van der Waals surface area contributed by atoms with Gasteiger partial charge in [0.1, 0.15) is 11.6 Å². The Labute approximate surface area is 250 Å². The van der Waals surface area contributed by atoms with Crippen LogP contribution in [-0.2, 0) is 22.4 Å². The fraction of sp³-hybridized carbons (Fsp3) is 0.605. The highest BCUT2D eigenvalue weighted by molar-refractivity contribution is 6.02. The van der Waals surface area contributed by atoms with Gasteiger partial charge in [-0.2, -0.15) is 0 Å². The van der Waals surface area contributed by atoms with Gasteiger partial charge in [0.05, 0.1) is 6.42 Å². The summed E-state index contributed by atoms with van der Waals surface area (Å²) >= 11 is 0. The standard InChI is InChI=1S/C35H48O3.C3H8/c1-7-10-23(4)18-26-13-15-28(16-14-26)31-17-12-24(5)35-32(31)21-27(22-34(35)38)20-29(11-8-2)30(9-3)33(37)19-25(6)36;1-3-2/h12-17,23,27,29-30H,7-11,18-22H2,1-6H3;3H2,1-2H3. The van der Waals surface area contributed by atoms with Gasteiger partial charge in [-0.1, -0.05) is 110 Å². The van der Waals surface area contributed by atoms with Crippen molar-refractivity contribution in [2.75, 3.05) is 0 Å². The Morgan fingerprint density at radius 1 is 0.902 bits per heavy atom. The number of carbonyl (C=O) groups excluding carboxylic acids is 3. The van der Waals surface area contributed by atoms with Crippen LogP contribution in [0.5, 0.6) is 0 Å². The van der Waals surface area contributed by atoms with Gasteiger partial charge in [0, 0.05) is 17.9 Å². The van der Waals surface area contributed by atoms with E-state index in [4.69, 9.17) is 0 Å². The van der Waals surface area contributed by atoms with Gasteiger partial charge in [-0.3, -0.25) is 14.4 Å². The van der Waals surface area contributed by atoms with Crippen LogP contribution in [0.1, 0.15) is 133 Å². The Balaban J connectivity index is 0.00000187. The predicted molar refractivity (Wildman–Crippen MR) is 174 cm³/mol. The van der Waals surface area contributed by atoms with E-state index in [9.17, 15) is 14.4 Å². The summed E-state index contributed by atoms with van der Waals surface area (Å²) in [5.41, 5.74) is 6.86. The summed E-state index contributed by atoms with van der Waals surface area (Å²) in [5, 5.41) is 0. The first-order chi connectivity index (χ1) is 19.6. The van der Waals surface area contributed by atoms with E-state index in [0.29, 0.717) is 12.3 Å². The highest BCUT2D eigenvalue weighted by Crippen LogP contribution is 2.40. The smallest absolute Gasteiger partial charge is 0.163 e. The average molecular weight is 561 g/mol. The lowest BCUT2D eigenvalue weighted by Crippen LogP contribution is -2.30. The third-order valence-corrected chi connectivity index (χ3v) is 8.54. The largest absolute Gasteiger partial charge is 0.300 e. The van der Waals surface area contributed by atoms with Crippen LogP contribution in [0.15, 0.2) is 36.4 Å². The van der Waals surface area contributed by atoms with Crippen LogP contribution in [0.2, 0.25) is 0 Å². The molecular weight excluding hydrogens is 504 g/mol. The molecule has 1 aliphatic carbocycles. The molecular formula is C38H56O3. The van der Waals surface area contributed by atoms with E-state index in [0.717, 1.165) is 49.7 Å². The molecule has 0 saturated carbocycles. The van der Waals surface area contributed by atoms with Crippen molar-refractivity contribution in [3.8, 4) is 11.1 Å². The summed E-state index contributed by atoms with van der Waals surface area (Å²) in [4.78, 5) is 38.1. The van der Waals surface area contributed by atoms with Crippen LogP contribution in [0.3, 0.4) is 0 Å². The van der Waals surface area contributed by atoms with Crippen LogP contribution < -0.4 is 0 Å². The first-order valence-electron chi connectivity index (χ1n) is 16.4. The molecule has 0 aromatic heterocycles. The van der Waals surface area contributed by atoms with Crippen LogP contribution >= 0.6 is 0 Å². The van der Waals surface area contributed by atoms with Crippen molar-refractivity contribution in [1.29, 1.82) is 0 Å². The molecule has 3 nitrogen and oxygen atoms in total. The third kappa shape index (κ3) is 10.0. The minimum Gasteiger partial charge on any atom is -0.300 e. The normalized spacial score (nSPS) is 16.7. The molecule has 0 spiro atoms. The molecule has 0 N–H and O–H groups in total. The third-order valence-electron chi connectivity index (χ3n) is 8.54. The molecule has 0 heterocycles. The molecule has 0 saturated heterocycles. The molecule has 4 unspecified atom stereocenters. The minimum absolute atomic E-state index is 0.0295. The Hall–Kier alpha value is -2.55. The number of ketones is 3. The number of hydrogen-bond acceptors (Lipinski definition) is 3. The number of carbonyl (C=O) groups is 3. The Morgan fingerprint density at radius 2 is 1.54 bits per heavy atom. The van der Waals surface area contributed by atoms with E-state index in [1.165, 1.54) is 48.4 Å². The summed E-state index contributed by atoms with van der Waals surface area (Å²) in [7, 11) is 0. The molecule has 41 heavy (non-hydrogen) atoms. The van der Waals surface area contributed by atoms with Gasteiger partial charge in [-0.05, 0) is 85.1 Å². The molecule has 0 bridgehead atoms. The van der Waals surface area contributed by atoms with E-state index in [1.807, 2.05) is 6.92 Å². The second kappa shape index (κ2) is 17.4. The number of aryl methyl sites for hydroxylation is 1. The molecule has 0 amide bonds. The maximum absolute atomic E-state index is 13.5. The number of benzene rings is 2. The monoisotopic (exact) mass is 560 g/mol. The zero-order chi connectivity index (χ0) is 30.5. The van der Waals surface area contributed by atoms with Crippen LogP contribution in [0.4, 0.5) is 0 Å². The van der Waals surface area contributed by atoms with Gasteiger partial charge in [-0.25, -0.2) is 0 Å². The number of fused-ring (bicyclic) bond motifs is 1. The molecule has 4 atom stereocenters. The van der Waals surface area contributed by atoms with Gasteiger partial charge in [-0.15, -0.1) is 0 Å². The molecule has 0 fully saturated rings. The van der Waals surface area contributed by atoms with Crippen molar-refractivity contribution in [3.05, 3.63) is 58.7 Å². The fourth-order valence-electron chi connectivity index (χ4n) is 6.83. The molecule has 0 aliphatic heterocycles. The zero-order valence-corrected chi connectivity index (χ0v) is 27.3. The molecule has 2 aromatic rings. The summed E-state index contributed by atoms with van der Waals surface area (Å²) in [6.45, 7) is 16.6. The lowest BCUT2D eigenvalue weighted by molar-refractivity contribution is -0.129. The molecule has 1 aliphatic rings. The highest BCUT2D eigenvalue weighted by Gasteiger charge is 2.34. The molecule has 3 rings (SSSR count). The number of Topliss-reactive ketones (excluding diaryl/α,β-unsaturated/α-hetero) is 3. The first kappa shape index (κ1) is 34.7. The molecule has 3 heteroatoms. The Bertz CT molecular complexity index is 1130. The zero-order valence-electron chi connectivity index (χ0n) is 27.3. The Morgan fingerprint density at radius 3 is 2.10 bits per heavy atom. The van der Waals surface area contributed by atoms with Crippen molar-refractivity contribution >= 4 is 17.3 Å². The van der Waals surface area contributed by atoms with Crippen molar-refractivity contribution in [3.63, 3.8) is 0 Å². The van der Waals surface area contributed by atoms with Crippen molar-refractivity contribution in [1.82, 2.24) is 0 Å². The minimum atomic E-state index is -0.102. The molecule has 2 aromatic carbocycles. The van der Waals surface area contributed by atoms with E-state index < -0.39 is 0 Å². The van der Waals surface area contributed by atoms with Gasteiger partial charge in [0.25, 0.3) is 0 Å². The van der Waals surface area contributed by atoms with Gasteiger partial charge >= 0.3 is 0 Å². The van der Waals surface area contributed by atoms with Gasteiger partial charge in [0.15, 0.2) is 5.78 Å². The topological polar surface area (TPSA) is 51.2 Å². The van der Waals surface area contributed by atoms with Crippen LogP contribution in [-0.4, -0.2) is 17.3 Å². The van der Waals surface area contributed by atoms with Crippen LogP contribution in [0, 0.1) is 30.6 Å². The average Bonchev–Trinajstić information content (AvgIpc) is 2.90. The molecule has 226 valence electrons. The van der Waals surface area contributed by atoms with Crippen molar-refractivity contribution < 1.29 is 14.4 Å². The summed E-state index contributed by atoms with van der Waals surface area (Å²) in [6.07, 6.45) is 9.82. The first-order valence-corrected chi connectivity index (χ1v) is 16.4. The van der Waals surface area contributed by atoms with E-state index in [-0.39, 0.29) is 41.5 Å². The summed E-state index contributed by atoms with van der Waals surface area (Å²) in [6, 6.07) is 13.2. The van der Waals surface area contributed by atoms with E-state index in [1.54, 1.807) is 0 Å². The lowest BCUT2D eigenvalue weighted by atomic mass is 9.71. The van der Waals surface area contributed by atoms with Crippen LogP contribution in [0.25, 0.3) is 11.1 Å². The molecule has 0 radical (unpaired) electrons. The fourth-order valence-corrected chi connectivity index (χ4v) is 6.83. The highest BCUT2D eigenvalue weighted by atomic mass is 16.1.